The van der Waals surface area contributed by atoms with Crippen LogP contribution in [0.2, 0.25) is 5.02 Å². The second-order valence-corrected chi connectivity index (χ2v) is 8.48. The standard InChI is InChI=1S/C15H19ClN2O3S/c1-22(20,21)18-13-5-4-11(8-12(13)16)15(19)17-14-7-9-2-3-10(14)6-9/h4-5,8-10,14,18H,2-3,6-7H2,1H3,(H,17,19)/t9-,10+,14-/m0/s1. The smallest absolute Gasteiger partial charge is 0.251 e. The van der Waals surface area contributed by atoms with E-state index in [1.807, 2.05) is 0 Å². The third-order valence-corrected chi connectivity index (χ3v) is 5.48. The molecule has 1 aromatic rings. The van der Waals surface area contributed by atoms with Gasteiger partial charge in [0.15, 0.2) is 0 Å². The molecule has 0 spiro atoms. The largest absolute Gasteiger partial charge is 0.349 e. The summed E-state index contributed by atoms with van der Waals surface area (Å²) in [7, 11) is -3.39. The lowest BCUT2D eigenvalue weighted by Gasteiger charge is -2.23. The maximum Gasteiger partial charge on any atom is 0.251 e. The quantitative estimate of drug-likeness (QED) is 0.883. The van der Waals surface area contributed by atoms with E-state index in [-0.39, 0.29) is 22.7 Å². The number of hydrogen-bond acceptors (Lipinski definition) is 3. The van der Waals surface area contributed by atoms with Gasteiger partial charge in [0.2, 0.25) is 10.0 Å². The zero-order chi connectivity index (χ0) is 15.9. The monoisotopic (exact) mass is 342 g/mol. The third-order valence-electron chi connectivity index (χ3n) is 4.58. The number of benzene rings is 1. The number of carbonyl (C=O) groups excluding carboxylic acids is 1. The fourth-order valence-corrected chi connectivity index (χ4v) is 4.47. The summed E-state index contributed by atoms with van der Waals surface area (Å²) >= 11 is 6.05. The van der Waals surface area contributed by atoms with Gasteiger partial charge in [-0.15, -0.1) is 0 Å². The topological polar surface area (TPSA) is 75.3 Å². The molecule has 2 fully saturated rings. The van der Waals surface area contributed by atoms with E-state index in [4.69, 9.17) is 11.6 Å². The molecular formula is C15H19ClN2O3S. The Morgan fingerprint density at radius 3 is 2.59 bits per heavy atom. The molecule has 22 heavy (non-hydrogen) atoms. The van der Waals surface area contributed by atoms with E-state index >= 15 is 0 Å². The van der Waals surface area contributed by atoms with Crippen molar-refractivity contribution in [3.63, 3.8) is 0 Å². The van der Waals surface area contributed by atoms with E-state index in [0.29, 0.717) is 11.5 Å². The van der Waals surface area contributed by atoms with E-state index in [9.17, 15) is 13.2 Å². The highest BCUT2D eigenvalue weighted by molar-refractivity contribution is 7.92. The Morgan fingerprint density at radius 2 is 2.05 bits per heavy atom. The first kappa shape index (κ1) is 15.6. The fraction of sp³-hybridized carbons (Fsp3) is 0.533. The van der Waals surface area contributed by atoms with Gasteiger partial charge in [0.05, 0.1) is 17.0 Å². The fourth-order valence-electron chi connectivity index (χ4n) is 3.61. The van der Waals surface area contributed by atoms with Crippen molar-refractivity contribution in [2.45, 2.75) is 31.7 Å². The number of fused-ring (bicyclic) bond motifs is 2. The van der Waals surface area contributed by atoms with Crippen LogP contribution in [0.3, 0.4) is 0 Å². The van der Waals surface area contributed by atoms with E-state index in [1.54, 1.807) is 6.07 Å². The molecule has 1 amide bonds. The van der Waals surface area contributed by atoms with Gasteiger partial charge in [0, 0.05) is 11.6 Å². The van der Waals surface area contributed by atoms with Crippen LogP contribution in [0.15, 0.2) is 18.2 Å². The molecule has 2 bridgehead atoms. The van der Waals surface area contributed by atoms with Crippen LogP contribution in [-0.4, -0.2) is 26.6 Å². The molecule has 0 aromatic heterocycles. The van der Waals surface area contributed by atoms with Gasteiger partial charge in [-0.3, -0.25) is 9.52 Å². The molecule has 3 atom stereocenters. The minimum absolute atomic E-state index is 0.148. The first-order valence-corrected chi connectivity index (χ1v) is 9.67. The molecule has 7 heteroatoms. The predicted molar refractivity (Wildman–Crippen MR) is 86.6 cm³/mol. The minimum atomic E-state index is -3.39. The highest BCUT2D eigenvalue weighted by atomic mass is 35.5. The zero-order valence-corrected chi connectivity index (χ0v) is 13.9. The maximum absolute atomic E-state index is 12.3. The normalized spacial score (nSPS) is 26.9. The summed E-state index contributed by atoms with van der Waals surface area (Å²) in [5.41, 5.74) is 0.729. The Labute approximate surface area is 135 Å². The Bertz CT molecular complexity index is 705. The van der Waals surface area contributed by atoms with Crippen molar-refractivity contribution in [1.29, 1.82) is 0 Å². The highest BCUT2D eigenvalue weighted by Gasteiger charge is 2.40. The average Bonchev–Trinajstić information content (AvgIpc) is 3.02. The summed E-state index contributed by atoms with van der Waals surface area (Å²) < 4.78 is 24.8. The van der Waals surface area contributed by atoms with Gasteiger partial charge < -0.3 is 5.32 Å². The van der Waals surface area contributed by atoms with Gasteiger partial charge in [-0.25, -0.2) is 8.42 Å². The molecule has 0 radical (unpaired) electrons. The van der Waals surface area contributed by atoms with Crippen LogP contribution in [-0.2, 0) is 10.0 Å². The molecule has 2 N–H and O–H groups in total. The lowest BCUT2D eigenvalue weighted by molar-refractivity contribution is 0.0923. The van der Waals surface area contributed by atoms with Crippen molar-refractivity contribution in [3.8, 4) is 0 Å². The van der Waals surface area contributed by atoms with Crippen LogP contribution in [0, 0.1) is 11.8 Å². The second kappa shape index (κ2) is 5.74. The second-order valence-electron chi connectivity index (χ2n) is 6.32. The Hall–Kier alpha value is -1.27. The summed E-state index contributed by atoms with van der Waals surface area (Å²) in [5.74, 6) is 1.22. The predicted octanol–water partition coefficient (Wildman–Crippen LogP) is 2.63. The number of anilines is 1. The molecule has 120 valence electrons. The number of rotatable bonds is 4. The van der Waals surface area contributed by atoms with Crippen molar-refractivity contribution >= 4 is 33.2 Å². The van der Waals surface area contributed by atoms with Crippen LogP contribution < -0.4 is 10.0 Å². The number of nitrogens with one attached hydrogen (secondary N) is 2. The van der Waals surface area contributed by atoms with E-state index < -0.39 is 10.0 Å². The third kappa shape index (κ3) is 3.38. The summed E-state index contributed by atoms with van der Waals surface area (Å²) in [6.07, 6.45) is 5.84. The Kier molecular flexibility index (Phi) is 4.07. The molecule has 0 heterocycles. The number of carbonyl (C=O) groups is 1. The van der Waals surface area contributed by atoms with E-state index in [0.717, 1.165) is 18.6 Å². The maximum atomic E-state index is 12.3. The first-order chi connectivity index (χ1) is 10.3. The van der Waals surface area contributed by atoms with Crippen LogP contribution in [0.1, 0.15) is 36.0 Å². The average molecular weight is 343 g/mol. The lowest BCUT2D eigenvalue weighted by atomic mass is 9.95. The van der Waals surface area contributed by atoms with Crippen LogP contribution in [0.4, 0.5) is 5.69 Å². The lowest BCUT2D eigenvalue weighted by Crippen LogP contribution is -2.38. The molecule has 0 saturated heterocycles. The number of sulfonamides is 1. The van der Waals surface area contributed by atoms with Gasteiger partial charge in [-0.1, -0.05) is 18.0 Å². The van der Waals surface area contributed by atoms with Gasteiger partial charge in [-0.05, 0) is 49.3 Å². The molecule has 2 saturated carbocycles. The van der Waals surface area contributed by atoms with Crippen LogP contribution >= 0.6 is 11.6 Å². The number of amides is 1. The SMILES string of the molecule is CS(=O)(=O)Nc1ccc(C(=O)N[C@H]2C[C@H]3CC[C@@H]2C3)cc1Cl. The van der Waals surface area contributed by atoms with E-state index in [1.165, 1.54) is 31.4 Å². The van der Waals surface area contributed by atoms with Crippen molar-refractivity contribution in [1.82, 2.24) is 5.32 Å². The first-order valence-electron chi connectivity index (χ1n) is 7.40. The molecule has 0 aliphatic heterocycles. The summed E-state index contributed by atoms with van der Waals surface area (Å²) in [6.45, 7) is 0. The highest BCUT2D eigenvalue weighted by Crippen LogP contribution is 2.44. The van der Waals surface area contributed by atoms with Crippen LogP contribution in [0.25, 0.3) is 0 Å². The van der Waals surface area contributed by atoms with Crippen molar-refractivity contribution in [2.75, 3.05) is 11.0 Å². The van der Waals surface area contributed by atoms with Gasteiger partial charge >= 0.3 is 0 Å². The molecule has 2 aliphatic rings. The molecule has 2 aliphatic carbocycles. The Balaban J connectivity index is 1.69. The van der Waals surface area contributed by atoms with Gasteiger partial charge in [-0.2, -0.15) is 0 Å². The van der Waals surface area contributed by atoms with Gasteiger partial charge in [0.1, 0.15) is 0 Å². The van der Waals surface area contributed by atoms with Crippen molar-refractivity contribution in [2.24, 2.45) is 11.8 Å². The molecule has 3 rings (SSSR count). The van der Waals surface area contributed by atoms with Gasteiger partial charge in [0.25, 0.3) is 5.91 Å². The van der Waals surface area contributed by atoms with E-state index in [2.05, 4.69) is 10.0 Å². The molecule has 5 nitrogen and oxygen atoms in total. The summed E-state index contributed by atoms with van der Waals surface area (Å²) in [6, 6.07) is 4.86. The summed E-state index contributed by atoms with van der Waals surface area (Å²) in [4.78, 5) is 12.3. The molecular weight excluding hydrogens is 324 g/mol. The zero-order valence-electron chi connectivity index (χ0n) is 12.3. The Morgan fingerprint density at radius 1 is 1.27 bits per heavy atom. The molecule has 1 aromatic carbocycles. The minimum Gasteiger partial charge on any atom is -0.349 e. The summed E-state index contributed by atoms with van der Waals surface area (Å²) in [5, 5.41) is 3.30. The van der Waals surface area contributed by atoms with Crippen LogP contribution in [0.5, 0.6) is 0 Å². The number of halogens is 1. The molecule has 0 unspecified atom stereocenters. The van der Waals surface area contributed by atoms with Crippen molar-refractivity contribution < 1.29 is 13.2 Å². The number of hydrogen-bond donors (Lipinski definition) is 2. The van der Waals surface area contributed by atoms with Crippen molar-refractivity contribution in [3.05, 3.63) is 28.8 Å².